The molecule has 0 unspecified atom stereocenters. The van der Waals surface area contributed by atoms with E-state index in [2.05, 4.69) is 15.6 Å². The average Bonchev–Trinajstić information content (AvgIpc) is 2.73. The predicted molar refractivity (Wildman–Crippen MR) is 110 cm³/mol. The molecule has 0 bridgehead atoms. The summed E-state index contributed by atoms with van der Waals surface area (Å²) in [5.74, 6) is -0.412. The van der Waals surface area contributed by atoms with Crippen LogP contribution < -0.4 is 10.6 Å². The molecule has 0 saturated carbocycles. The highest BCUT2D eigenvalue weighted by atomic mass is 16.5. The van der Waals surface area contributed by atoms with Crippen LogP contribution >= 0.6 is 0 Å². The molecular formula is C22H19N3O4. The van der Waals surface area contributed by atoms with Gasteiger partial charge in [0.05, 0.1) is 12.7 Å². The van der Waals surface area contributed by atoms with Crippen molar-refractivity contribution in [2.45, 2.75) is 6.92 Å². The Labute approximate surface area is 167 Å². The quantitative estimate of drug-likeness (QED) is 0.487. The maximum absolute atomic E-state index is 12.6. The zero-order chi connectivity index (χ0) is 20.8. The molecule has 1 heterocycles. The van der Waals surface area contributed by atoms with Crippen molar-refractivity contribution >= 4 is 34.9 Å². The van der Waals surface area contributed by atoms with Gasteiger partial charge in [-0.2, -0.15) is 0 Å². The molecule has 3 aromatic rings. The number of aromatic nitrogens is 1. The topological polar surface area (TPSA) is 97.4 Å². The lowest BCUT2D eigenvalue weighted by Gasteiger charge is -2.10. The Hall–Kier alpha value is -4.00. The van der Waals surface area contributed by atoms with E-state index in [1.807, 2.05) is 0 Å². The van der Waals surface area contributed by atoms with E-state index >= 15 is 0 Å². The van der Waals surface area contributed by atoms with Crippen molar-refractivity contribution in [3.05, 3.63) is 83.6 Å². The molecule has 0 aliphatic carbocycles. The summed E-state index contributed by atoms with van der Waals surface area (Å²) in [4.78, 5) is 39.9. The lowest BCUT2D eigenvalue weighted by atomic mass is 10.1. The summed E-state index contributed by atoms with van der Waals surface area (Å²) in [6.45, 7) is 1.47. The fourth-order valence-corrected chi connectivity index (χ4v) is 2.65. The zero-order valence-corrected chi connectivity index (χ0v) is 15.9. The van der Waals surface area contributed by atoms with Gasteiger partial charge in [-0.15, -0.1) is 0 Å². The largest absolute Gasteiger partial charge is 0.465 e. The van der Waals surface area contributed by atoms with Crippen molar-refractivity contribution in [3.8, 4) is 0 Å². The number of pyridine rings is 1. The van der Waals surface area contributed by atoms with Crippen LogP contribution in [0.3, 0.4) is 0 Å². The van der Waals surface area contributed by atoms with Gasteiger partial charge in [0.1, 0.15) is 5.82 Å². The summed E-state index contributed by atoms with van der Waals surface area (Å²) in [5, 5.41) is 5.83. The highest BCUT2D eigenvalue weighted by Gasteiger charge is 2.10. The third-order valence-corrected chi connectivity index (χ3v) is 4.11. The molecule has 0 radical (unpaired) electrons. The summed E-state index contributed by atoms with van der Waals surface area (Å²) in [7, 11) is 1.32. The van der Waals surface area contributed by atoms with Crippen LogP contribution in [0, 0.1) is 0 Å². The third kappa shape index (κ3) is 5.04. The molecule has 0 aliphatic heterocycles. The average molecular weight is 389 g/mol. The van der Waals surface area contributed by atoms with E-state index in [-0.39, 0.29) is 11.7 Å². The maximum atomic E-state index is 12.6. The van der Waals surface area contributed by atoms with Gasteiger partial charge >= 0.3 is 5.97 Å². The Morgan fingerprint density at radius 1 is 0.862 bits per heavy atom. The highest BCUT2D eigenvalue weighted by Crippen LogP contribution is 2.18. The summed E-state index contributed by atoms with van der Waals surface area (Å²) in [6, 6.07) is 16.7. The van der Waals surface area contributed by atoms with E-state index in [0.29, 0.717) is 33.9 Å². The van der Waals surface area contributed by atoms with E-state index in [1.54, 1.807) is 60.7 Å². The third-order valence-electron chi connectivity index (χ3n) is 4.11. The van der Waals surface area contributed by atoms with Gasteiger partial charge in [0.25, 0.3) is 5.91 Å². The number of ether oxygens (including phenoxy) is 1. The molecule has 1 amide bonds. The van der Waals surface area contributed by atoms with Gasteiger partial charge in [-0.3, -0.25) is 9.59 Å². The monoisotopic (exact) mass is 389 g/mol. The number of carbonyl (C=O) groups is 3. The van der Waals surface area contributed by atoms with Gasteiger partial charge < -0.3 is 15.4 Å². The smallest absolute Gasteiger partial charge is 0.337 e. The van der Waals surface area contributed by atoms with Crippen LogP contribution in [0.1, 0.15) is 38.0 Å². The second-order valence-electron chi connectivity index (χ2n) is 6.22. The van der Waals surface area contributed by atoms with Crippen LogP contribution in [0.2, 0.25) is 0 Å². The number of carbonyl (C=O) groups excluding carboxylic acids is 3. The fraction of sp³-hybridized carbons (Fsp3) is 0.0909. The van der Waals surface area contributed by atoms with Crippen LogP contribution in [0.4, 0.5) is 17.2 Å². The molecule has 146 valence electrons. The number of nitrogens with zero attached hydrogens (tertiary/aromatic N) is 1. The first-order valence-corrected chi connectivity index (χ1v) is 8.80. The van der Waals surface area contributed by atoms with Gasteiger partial charge in [0, 0.05) is 28.7 Å². The molecule has 0 fully saturated rings. The number of ketones is 1. The predicted octanol–water partition coefficient (Wildman–Crippen LogP) is 4.07. The van der Waals surface area contributed by atoms with Crippen LogP contribution in [-0.2, 0) is 4.74 Å². The zero-order valence-electron chi connectivity index (χ0n) is 15.9. The number of Topliss-reactive ketones (excluding diaryl/α,β-unsaturated/α-hetero) is 1. The van der Waals surface area contributed by atoms with Gasteiger partial charge in [-0.05, 0) is 49.4 Å². The Morgan fingerprint density at radius 2 is 1.55 bits per heavy atom. The van der Waals surface area contributed by atoms with E-state index in [9.17, 15) is 14.4 Å². The van der Waals surface area contributed by atoms with Crippen molar-refractivity contribution < 1.29 is 19.1 Å². The molecular weight excluding hydrogens is 370 g/mol. The first kappa shape index (κ1) is 19.8. The minimum Gasteiger partial charge on any atom is -0.465 e. The number of esters is 1. The lowest BCUT2D eigenvalue weighted by Crippen LogP contribution is -2.13. The summed E-state index contributed by atoms with van der Waals surface area (Å²) in [6.07, 6.45) is 1.51. The number of hydrogen-bond acceptors (Lipinski definition) is 6. The Morgan fingerprint density at radius 3 is 2.28 bits per heavy atom. The van der Waals surface area contributed by atoms with Crippen molar-refractivity contribution in [3.63, 3.8) is 0 Å². The second kappa shape index (κ2) is 8.79. The first-order valence-electron chi connectivity index (χ1n) is 8.80. The highest BCUT2D eigenvalue weighted by molar-refractivity contribution is 6.05. The summed E-state index contributed by atoms with van der Waals surface area (Å²) < 4.78 is 4.72. The summed E-state index contributed by atoms with van der Waals surface area (Å²) in [5.41, 5.74) is 2.47. The van der Waals surface area contributed by atoms with Gasteiger partial charge in [0.2, 0.25) is 0 Å². The summed E-state index contributed by atoms with van der Waals surface area (Å²) >= 11 is 0. The molecule has 0 spiro atoms. The van der Waals surface area contributed by atoms with Gasteiger partial charge in [-0.1, -0.05) is 18.2 Å². The number of rotatable bonds is 6. The molecule has 0 aliphatic rings. The van der Waals surface area contributed by atoms with Crippen LogP contribution in [0.25, 0.3) is 0 Å². The minimum absolute atomic E-state index is 0.0781. The number of benzene rings is 2. The molecule has 0 atom stereocenters. The molecule has 1 aromatic heterocycles. The van der Waals surface area contributed by atoms with Crippen molar-refractivity contribution in [2.75, 3.05) is 17.7 Å². The van der Waals surface area contributed by atoms with Gasteiger partial charge in [-0.25, -0.2) is 9.78 Å². The number of nitrogens with one attached hydrogen (secondary N) is 2. The Bertz CT molecular complexity index is 1080. The Kier molecular flexibility index (Phi) is 5.99. The van der Waals surface area contributed by atoms with E-state index < -0.39 is 5.97 Å². The van der Waals surface area contributed by atoms with Crippen molar-refractivity contribution in [2.24, 2.45) is 0 Å². The lowest BCUT2D eigenvalue weighted by molar-refractivity contribution is 0.0600. The van der Waals surface area contributed by atoms with Gasteiger partial charge in [0.15, 0.2) is 5.78 Å². The number of amides is 1. The molecule has 7 nitrogen and oxygen atoms in total. The number of methoxy groups -OCH3 is 1. The second-order valence-corrected chi connectivity index (χ2v) is 6.22. The molecule has 29 heavy (non-hydrogen) atoms. The van der Waals surface area contributed by atoms with E-state index in [1.165, 1.54) is 20.2 Å². The normalized spacial score (nSPS) is 10.1. The minimum atomic E-state index is -0.442. The van der Waals surface area contributed by atoms with Crippen LogP contribution in [0.15, 0.2) is 66.9 Å². The molecule has 3 rings (SSSR count). The molecule has 2 aromatic carbocycles. The van der Waals surface area contributed by atoms with Crippen LogP contribution in [-0.4, -0.2) is 29.8 Å². The first-order chi connectivity index (χ1) is 14.0. The molecule has 0 saturated heterocycles. The SMILES string of the molecule is COC(=O)c1cccc(Nc2cc(C(=O)Nc3cccc(C(C)=O)c3)ccn2)c1. The molecule has 2 N–H and O–H groups in total. The fourth-order valence-electron chi connectivity index (χ4n) is 2.65. The van der Waals surface area contributed by atoms with Crippen molar-refractivity contribution in [1.29, 1.82) is 0 Å². The van der Waals surface area contributed by atoms with E-state index in [4.69, 9.17) is 4.74 Å². The number of hydrogen-bond donors (Lipinski definition) is 2. The maximum Gasteiger partial charge on any atom is 0.337 e. The Balaban J connectivity index is 1.75. The van der Waals surface area contributed by atoms with Crippen molar-refractivity contribution in [1.82, 2.24) is 4.98 Å². The standard InChI is InChI=1S/C22H19N3O4/c1-14(26)15-5-3-8-19(11-15)25-21(27)16-9-10-23-20(13-16)24-18-7-4-6-17(12-18)22(28)29-2/h3-13H,1-2H3,(H,23,24)(H,25,27). The van der Waals surface area contributed by atoms with E-state index in [0.717, 1.165) is 0 Å². The number of anilines is 3. The molecule has 7 heteroatoms. The van der Waals surface area contributed by atoms with Crippen LogP contribution in [0.5, 0.6) is 0 Å².